The highest BCUT2D eigenvalue weighted by molar-refractivity contribution is 6.07. The molecule has 0 amide bonds. The zero-order chi connectivity index (χ0) is 13.4. The minimum Gasteiger partial charge on any atom is -0.277 e. The van der Waals surface area contributed by atoms with Crippen molar-refractivity contribution in [2.75, 3.05) is 0 Å². The van der Waals surface area contributed by atoms with Gasteiger partial charge >= 0.3 is 0 Å². The van der Waals surface area contributed by atoms with Crippen molar-refractivity contribution in [3.63, 3.8) is 0 Å². The number of nitriles is 1. The molecule has 2 rings (SSSR count). The van der Waals surface area contributed by atoms with Crippen molar-refractivity contribution in [2.45, 2.75) is 13.8 Å². The van der Waals surface area contributed by atoms with E-state index < -0.39 is 5.78 Å². The molecule has 0 aliphatic carbocycles. The van der Waals surface area contributed by atoms with E-state index >= 15 is 0 Å². The fourth-order valence-corrected chi connectivity index (χ4v) is 1.32. The highest BCUT2D eigenvalue weighted by atomic mass is 16.1. The zero-order valence-electron chi connectivity index (χ0n) is 10.6. The Morgan fingerprint density at radius 1 is 0.889 bits per heavy atom. The standard InChI is InChI=1S/C8H5NO.C8H10/c9-6-8(10)7-4-2-1-3-5-7;1-7-5-3-4-6-8(7)2/h1-5H;3-6H,1-2H3. The van der Waals surface area contributed by atoms with Crippen molar-refractivity contribution in [3.8, 4) is 6.07 Å². The average molecular weight is 237 g/mol. The lowest BCUT2D eigenvalue weighted by Crippen LogP contribution is -1.91. The van der Waals surface area contributed by atoms with Crippen LogP contribution in [0.25, 0.3) is 0 Å². The van der Waals surface area contributed by atoms with E-state index in [1.807, 2.05) is 0 Å². The largest absolute Gasteiger partial charge is 0.277 e. The van der Waals surface area contributed by atoms with Gasteiger partial charge < -0.3 is 0 Å². The normalized spacial score (nSPS) is 8.72. The van der Waals surface area contributed by atoms with E-state index in [0.29, 0.717) is 5.56 Å². The molecular formula is C16H15NO. The molecule has 0 unspecified atom stereocenters. The molecule has 90 valence electrons. The molecule has 0 saturated carbocycles. The molecule has 0 N–H and O–H groups in total. The lowest BCUT2D eigenvalue weighted by Gasteiger charge is -1.93. The Labute approximate surface area is 108 Å². The second-order valence-corrected chi connectivity index (χ2v) is 3.89. The summed E-state index contributed by atoms with van der Waals surface area (Å²) in [4.78, 5) is 10.7. The van der Waals surface area contributed by atoms with Crippen LogP contribution in [0.5, 0.6) is 0 Å². The summed E-state index contributed by atoms with van der Waals surface area (Å²) in [5.74, 6) is -0.486. The van der Waals surface area contributed by atoms with Crippen LogP contribution in [0.1, 0.15) is 21.5 Å². The van der Waals surface area contributed by atoms with E-state index in [4.69, 9.17) is 5.26 Å². The van der Waals surface area contributed by atoms with Crippen LogP contribution in [-0.2, 0) is 0 Å². The van der Waals surface area contributed by atoms with Crippen LogP contribution in [0.2, 0.25) is 0 Å². The number of hydrogen-bond donors (Lipinski definition) is 0. The van der Waals surface area contributed by atoms with Gasteiger partial charge in [0.15, 0.2) is 0 Å². The molecule has 0 radical (unpaired) electrons. The maximum Gasteiger partial charge on any atom is 0.262 e. The third-order valence-electron chi connectivity index (χ3n) is 2.56. The molecule has 2 nitrogen and oxygen atoms in total. The number of carbonyl (C=O) groups excluding carboxylic acids is 1. The van der Waals surface area contributed by atoms with Crippen LogP contribution in [0, 0.1) is 25.2 Å². The summed E-state index contributed by atoms with van der Waals surface area (Å²) in [5, 5.41) is 8.19. The monoisotopic (exact) mass is 237 g/mol. The van der Waals surface area contributed by atoms with Gasteiger partial charge in [0.2, 0.25) is 0 Å². The quantitative estimate of drug-likeness (QED) is 0.560. The van der Waals surface area contributed by atoms with E-state index in [2.05, 4.69) is 38.1 Å². The van der Waals surface area contributed by atoms with E-state index in [-0.39, 0.29) is 0 Å². The van der Waals surface area contributed by atoms with Gasteiger partial charge in [-0.1, -0.05) is 54.6 Å². The highest BCUT2D eigenvalue weighted by Crippen LogP contribution is 2.02. The molecule has 0 saturated heterocycles. The van der Waals surface area contributed by atoms with E-state index in [1.165, 1.54) is 11.1 Å². The molecule has 2 aromatic rings. The molecule has 0 aromatic heterocycles. The average Bonchev–Trinajstić information content (AvgIpc) is 2.43. The Kier molecular flexibility index (Phi) is 5.34. The van der Waals surface area contributed by atoms with Gasteiger partial charge in [-0.3, -0.25) is 4.79 Å². The number of Topliss-reactive ketones (excluding diaryl/α,β-unsaturated/α-hetero) is 1. The SMILES string of the molecule is Cc1ccccc1C.N#CC(=O)c1ccccc1. The molecule has 2 heteroatoms. The summed E-state index contributed by atoms with van der Waals surface area (Å²) in [6, 6.07) is 18.4. The van der Waals surface area contributed by atoms with Gasteiger partial charge in [0.05, 0.1) is 0 Å². The van der Waals surface area contributed by atoms with Crippen molar-refractivity contribution in [1.82, 2.24) is 0 Å². The summed E-state index contributed by atoms with van der Waals surface area (Å²) < 4.78 is 0. The second-order valence-electron chi connectivity index (χ2n) is 3.89. The van der Waals surface area contributed by atoms with Gasteiger partial charge in [0.25, 0.3) is 5.78 Å². The molecule has 0 aliphatic heterocycles. The first-order chi connectivity index (χ1) is 8.65. The smallest absolute Gasteiger partial charge is 0.262 e. The summed E-state index contributed by atoms with van der Waals surface area (Å²) in [7, 11) is 0. The zero-order valence-corrected chi connectivity index (χ0v) is 10.6. The molecular weight excluding hydrogens is 222 g/mol. The topological polar surface area (TPSA) is 40.9 Å². The van der Waals surface area contributed by atoms with Crippen LogP contribution in [-0.4, -0.2) is 5.78 Å². The summed E-state index contributed by atoms with van der Waals surface area (Å²) in [6.45, 7) is 4.24. The molecule has 18 heavy (non-hydrogen) atoms. The van der Waals surface area contributed by atoms with Crippen molar-refractivity contribution in [2.24, 2.45) is 0 Å². The van der Waals surface area contributed by atoms with E-state index in [0.717, 1.165) is 0 Å². The molecule has 0 heterocycles. The van der Waals surface area contributed by atoms with Crippen LogP contribution in [0.15, 0.2) is 54.6 Å². The minimum atomic E-state index is -0.486. The molecule has 0 fully saturated rings. The Morgan fingerprint density at radius 3 is 1.72 bits per heavy atom. The minimum absolute atomic E-state index is 0.449. The number of ketones is 1. The number of rotatable bonds is 1. The van der Waals surface area contributed by atoms with Gasteiger partial charge in [-0.05, 0) is 25.0 Å². The number of aryl methyl sites for hydroxylation is 2. The molecule has 0 bridgehead atoms. The van der Waals surface area contributed by atoms with Gasteiger partial charge in [-0.15, -0.1) is 0 Å². The lowest BCUT2D eigenvalue weighted by molar-refractivity contribution is 0.105. The Hall–Kier alpha value is -2.40. The lowest BCUT2D eigenvalue weighted by atomic mass is 10.1. The van der Waals surface area contributed by atoms with Crippen molar-refractivity contribution in [1.29, 1.82) is 5.26 Å². The van der Waals surface area contributed by atoms with Crippen LogP contribution >= 0.6 is 0 Å². The predicted octanol–water partition coefficient (Wildman–Crippen LogP) is 3.70. The third-order valence-corrected chi connectivity index (χ3v) is 2.56. The first kappa shape index (κ1) is 13.7. The maximum atomic E-state index is 10.7. The fraction of sp³-hybridized carbons (Fsp3) is 0.125. The fourth-order valence-electron chi connectivity index (χ4n) is 1.32. The summed E-state index contributed by atoms with van der Waals surface area (Å²) >= 11 is 0. The predicted molar refractivity (Wildman–Crippen MR) is 72.3 cm³/mol. The van der Waals surface area contributed by atoms with Gasteiger partial charge in [-0.25, -0.2) is 0 Å². The number of hydrogen-bond acceptors (Lipinski definition) is 2. The molecule has 0 spiro atoms. The second kappa shape index (κ2) is 7.03. The highest BCUT2D eigenvalue weighted by Gasteiger charge is 1.99. The molecule has 0 atom stereocenters. The third kappa shape index (κ3) is 4.23. The van der Waals surface area contributed by atoms with Crippen molar-refractivity contribution < 1.29 is 4.79 Å². The first-order valence-electron chi connectivity index (χ1n) is 5.67. The first-order valence-corrected chi connectivity index (χ1v) is 5.67. The Morgan fingerprint density at radius 2 is 1.33 bits per heavy atom. The van der Waals surface area contributed by atoms with E-state index in [1.54, 1.807) is 36.4 Å². The van der Waals surface area contributed by atoms with E-state index in [9.17, 15) is 4.79 Å². The Bertz CT molecular complexity index is 532. The maximum absolute atomic E-state index is 10.7. The van der Waals surface area contributed by atoms with Crippen LogP contribution < -0.4 is 0 Å². The van der Waals surface area contributed by atoms with Crippen molar-refractivity contribution >= 4 is 5.78 Å². The number of nitrogens with zero attached hydrogens (tertiary/aromatic N) is 1. The van der Waals surface area contributed by atoms with Crippen LogP contribution in [0.4, 0.5) is 0 Å². The summed E-state index contributed by atoms with van der Waals surface area (Å²) in [6.07, 6.45) is 0. The van der Waals surface area contributed by atoms with Gasteiger partial charge in [0.1, 0.15) is 6.07 Å². The number of carbonyl (C=O) groups is 1. The van der Waals surface area contributed by atoms with Gasteiger partial charge in [-0.2, -0.15) is 5.26 Å². The Balaban J connectivity index is 0.000000184. The summed E-state index contributed by atoms with van der Waals surface area (Å²) in [5.41, 5.74) is 3.19. The van der Waals surface area contributed by atoms with Crippen LogP contribution in [0.3, 0.4) is 0 Å². The van der Waals surface area contributed by atoms with Gasteiger partial charge in [0, 0.05) is 5.56 Å². The molecule has 0 aliphatic rings. The number of benzene rings is 2. The van der Waals surface area contributed by atoms with Crippen molar-refractivity contribution in [3.05, 3.63) is 71.3 Å². The molecule has 2 aromatic carbocycles.